The van der Waals surface area contributed by atoms with Crippen LogP contribution in [0.1, 0.15) is 26.3 Å². The van der Waals surface area contributed by atoms with Gasteiger partial charge in [0.05, 0.1) is 5.56 Å². The van der Waals surface area contributed by atoms with E-state index in [1.807, 2.05) is 24.3 Å². The Bertz CT molecular complexity index is 1080. The Kier molecular flexibility index (Phi) is 5.45. The van der Waals surface area contributed by atoms with E-state index < -0.39 is 0 Å². The van der Waals surface area contributed by atoms with E-state index in [0.717, 1.165) is 5.56 Å². The highest BCUT2D eigenvalue weighted by atomic mass is 35.5. The predicted molar refractivity (Wildman–Crippen MR) is 112 cm³/mol. The molecule has 1 heterocycles. The molecule has 0 spiro atoms. The maximum absolute atomic E-state index is 12.6. The molecule has 5 heteroatoms. The Balaban J connectivity index is 1.41. The van der Waals surface area contributed by atoms with Gasteiger partial charge in [0.25, 0.3) is 0 Å². The molecule has 0 saturated heterocycles. The number of halogens is 1. The van der Waals surface area contributed by atoms with Crippen LogP contribution in [-0.4, -0.2) is 24.8 Å². The monoisotopic (exact) mass is 404 g/mol. The standard InChI is InChI=1S/C24H17ClO4/c25-19-9-7-17(8-10-19)22(26)15-28-20-11-5-16(6-12-20)13-18-14-29-23-4-2-1-3-21(23)24(18)27/h1-13H,14-15H2/b18-13+. The molecule has 4 rings (SSSR count). The van der Waals surface area contributed by atoms with E-state index in [9.17, 15) is 9.59 Å². The van der Waals surface area contributed by atoms with Crippen molar-refractivity contribution >= 4 is 29.2 Å². The van der Waals surface area contributed by atoms with Crippen molar-refractivity contribution in [3.8, 4) is 11.5 Å². The molecule has 3 aromatic rings. The Morgan fingerprint density at radius 3 is 2.48 bits per heavy atom. The van der Waals surface area contributed by atoms with Gasteiger partial charge in [-0.15, -0.1) is 0 Å². The van der Waals surface area contributed by atoms with Gasteiger partial charge >= 0.3 is 0 Å². The molecular formula is C24H17ClO4. The topological polar surface area (TPSA) is 52.6 Å². The molecule has 0 N–H and O–H groups in total. The summed E-state index contributed by atoms with van der Waals surface area (Å²) >= 11 is 5.83. The van der Waals surface area contributed by atoms with Gasteiger partial charge in [-0.3, -0.25) is 9.59 Å². The molecule has 1 aliphatic heterocycles. The largest absolute Gasteiger partial charge is 0.488 e. The van der Waals surface area contributed by atoms with E-state index >= 15 is 0 Å². The summed E-state index contributed by atoms with van der Waals surface area (Å²) < 4.78 is 11.2. The third kappa shape index (κ3) is 4.39. The first kappa shape index (κ1) is 19.0. The fourth-order valence-electron chi connectivity index (χ4n) is 3.01. The third-order valence-corrected chi connectivity index (χ3v) is 4.82. The lowest BCUT2D eigenvalue weighted by atomic mass is 9.98. The molecule has 0 saturated carbocycles. The molecule has 0 atom stereocenters. The second kappa shape index (κ2) is 8.33. The Morgan fingerprint density at radius 2 is 1.72 bits per heavy atom. The molecule has 0 aromatic heterocycles. The fraction of sp³-hybridized carbons (Fsp3) is 0.0833. The fourth-order valence-corrected chi connectivity index (χ4v) is 3.14. The van der Waals surface area contributed by atoms with Crippen LogP contribution >= 0.6 is 11.6 Å². The van der Waals surface area contributed by atoms with Crippen LogP contribution in [0.5, 0.6) is 11.5 Å². The van der Waals surface area contributed by atoms with Crippen LogP contribution in [0.25, 0.3) is 6.08 Å². The number of para-hydroxylation sites is 1. The van der Waals surface area contributed by atoms with E-state index in [1.165, 1.54) is 0 Å². The number of carbonyl (C=O) groups is 2. The van der Waals surface area contributed by atoms with Crippen LogP contribution in [0.15, 0.2) is 78.4 Å². The first-order valence-electron chi connectivity index (χ1n) is 9.09. The van der Waals surface area contributed by atoms with Crippen molar-refractivity contribution in [1.29, 1.82) is 0 Å². The van der Waals surface area contributed by atoms with Crippen LogP contribution in [0, 0.1) is 0 Å². The number of rotatable bonds is 5. The molecular weight excluding hydrogens is 388 g/mol. The van der Waals surface area contributed by atoms with Gasteiger partial charge in [-0.05, 0) is 60.2 Å². The van der Waals surface area contributed by atoms with Crippen LogP contribution in [0.3, 0.4) is 0 Å². The summed E-state index contributed by atoms with van der Waals surface area (Å²) in [6, 6.07) is 21.1. The van der Waals surface area contributed by atoms with Crippen molar-refractivity contribution < 1.29 is 19.1 Å². The zero-order valence-corrected chi connectivity index (χ0v) is 16.2. The van der Waals surface area contributed by atoms with E-state index in [-0.39, 0.29) is 24.8 Å². The van der Waals surface area contributed by atoms with Crippen molar-refractivity contribution in [1.82, 2.24) is 0 Å². The smallest absolute Gasteiger partial charge is 0.200 e. The highest BCUT2D eigenvalue weighted by Crippen LogP contribution is 2.27. The summed E-state index contributed by atoms with van der Waals surface area (Å²) in [5.41, 5.74) is 2.57. The molecule has 144 valence electrons. The SMILES string of the molecule is O=C(COc1ccc(/C=C2\COc3ccccc3C2=O)cc1)c1ccc(Cl)cc1. The van der Waals surface area contributed by atoms with Crippen molar-refractivity contribution in [2.24, 2.45) is 0 Å². The highest BCUT2D eigenvalue weighted by molar-refractivity contribution is 6.30. The molecule has 0 amide bonds. The van der Waals surface area contributed by atoms with Gasteiger partial charge in [-0.25, -0.2) is 0 Å². The van der Waals surface area contributed by atoms with E-state index in [1.54, 1.807) is 54.6 Å². The van der Waals surface area contributed by atoms with E-state index in [4.69, 9.17) is 21.1 Å². The van der Waals surface area contributed by atoms with E-state index in [2.05, 4.69) is 0 Å². The minimum absolute atomic E-state index is 0.0271. The average Bonchev–Trinajstić information content (AvgIpc) is 2.75. The highest BCUT2D eigenvalue weighted by Gasteiger charge is 2.22. The van der Waals surface area contributed by atoms with Gasteiger partial charge in [0.1, 0.15) is 18.1 Å². The summed E-state index contributed by atoms with van der Waals surface area (Å²) in [6.45, 7) is 0.175. The molecule has 4 nitrogen and oxygen atoms in total. The molecule has 0 fully saturated rings. The zero-order chi connectivity index (χ0) is 20.2. The van der Waals surface area contributed by atoms with Crippen molar-refractivity contribution in [2.75, 3.05) is 13.2 Å². The number of Topliss-reactive ketones (excluding diaryl/α,β-unsaturated/α-hetero) is 2. The summed E-state index contributed by atoms with van der Waals surface area (Å²) in [4.78, 5) is 24.8. The minimum atomic E-state index is -0.128. The van der Waals surface area contributed by atoms with Crippen molar-refractivity contribution in [3.05, 3.63) is 100 Å². The van der Waals surface area contributed by atoms with Crippen LogP contribution in [0.2, 0.25) is 5.02 Å². The van der Waals surface area contributed by atoms with Gasteiger partial charge in [-0.1, -0.05) is 35.9 Å². The molecule has 0 bridgehead atoms. The quantitative estimate of drug-likeness (QED) is 0.430. The lowest BCUT2D eigenvalue weighted by Gasteiger charge is -2.18. The second-order valence-corrected chi connectivity index (χ2v) is 7.01. The van der Waals surface area contributed by atoms with Gasteiger partial charge in [0.2, 0.25) is 0 Å². The number of carbonyl (C=O) groups excluding carboxylic acids is 2. The number of ketones is 2. The zero-order valence-electron chi connectivity index (χ0n) is 15.4. The van der Waals surface area contributed by atoms with Crippen molar-refractivity contribution in [2.45, 2.75) is 0 Å². The molecule has 1 aliphatic rings. The van der Waals surface area contributed by atoms with Crippen LogP contribution < -0.4 is 9.47 Å². The van der Waals surface area contributed by atoms with Gasteiger partial charge < -0.3 is 9.47 Å². The first-order chi connectivity index (χ1) is 14.1. The van der Waals surface area contributed by atoms with Crippen molar-refractivity contribution in [3.63, 3.8) is 0 Å². The maximum atomic E-state index is 12.6. The van der Waals surface area contributed by atoms with Crippen LogP contribution in [0.4, 0.5) is 0 Å². The summed E-state index contributed by atoms with van der Waals surface area (Å²) in [5, 5.41) is 0.581. The summed E-state index contributed by atoms with van der Waals surface area (Å²) in [5.74, 6) is 1.03. The number of fused-ring (bicyclic) bond motifs is 1. The predicted octanol–water partition coefficient (Wildman–Crippen LogP) is 5.26. The van der Waals surface area contributed by atoms with Crippen LogP contribution in [-0.2, 0) is 0 Å². The number of hydrogen-bond acceptors (Lipinski definition) is 4. The summed E-state index contributed by atoms with van der Waals surface area (Å²) in [6.07, 6.45) is 1.81. The van der Waals surface area contributed by atoms with Gasteiger partial charge in [0.15, 0.2) is 18.2 Å². The first-order valence-corrected chi connectivity index (χ1v) is 9.47. The van der Waals surface area contributed by atoms with E-state index in [0.29, 0.717) is 33.2 Å². The maximum Gasteiger partial charge on any atom is 0.200 e. The van der Waals surface area contributed by atoms with Gasteiger partial charge in [-0.2, -0.15) is 0 Å². The Hall–Kier alpha value is -3.37. The number of ether oxygens (including phenoxy) is 2. The normalized spacial score (nSPS) is 14.2. The molecule has 3 aromatic carbocycles. The number of hydrogen-bond donors (Lipinski definition) is 0. The Morgan fingerprint density at radius 1 is 1.00 bits per heavy atom. The molecule has 0 aliphatic carbocycles. The molecule has 0 unspecified atom stereocenters. The molecule has 29 heavy (non-hydrogen) atoms. The third-order valence-electron chi connectivity index (χ3n) is 4.56. The average molecular weight is 405 g/mol. The Labute approximate surface area is 173 Å². The minimum Gasteiger partial charge on any atom is -0.488 e. The molecule has 0 radical (unpaired) electrons. The lowest BCUT2D eigenvalue weighted by Crippen LogP contribution is -2.18. The summed E-state index contributed by atoms with van der Waals surface area (Å²) in [7, 11) is 0. The second-order valence-electron chi connectivity index (χ2n) is 6.57. The lowest BCUT2D eigenvalue weighted by molar-refractivity contribution is 0.0921. The number of benzene rings is 3. The van der Waals surface area contributed by atoms with Gasteiger partial charge in [0, 0.05) is 16.2 Å².